The lowest BCUT2D eigenvalue weighted by Crippen LogP contribution is -2.49. The number of benzene rings is 1. The molecule has 1 N–H and O–H groups in total. The molecule has 0 amide bonds. The van der Waals surface area contributed by atoms with Crippen LogP contribution in [0.2, 0.25) is 0 Å². The first kappa shape index (κ1) is 21.0. The van der Waals surface area contributed by atoms with Crippen LogP contribution in [0.4, 0.5) is 5.69 Å². The van der Waals surface area contributed by atoms with E-state index >= 15 is 0 Å². The molecule has 2 aliphatic carbocycles. The number of methoxy groups -OCH3 is 1. The molecule has 0 aromatic heterocycles. The summed E-state index contributed by atoms with van der Waals surface area (Å²) in [6, 6.07) is 8.27. The first-order chi connectivity index (χ1) is 13.8. The maximum atomic E-state index is 10.6. The van der Waals surface area contributed by atoms with Gasteiger partial charge in [-0.1, -0.05) is 20.8 Å². The Labute approximate surface area is 176 Å². The second-order valence-corrected chi connectivity index (χ2v) is 10.1. The molecule has 3 aliphatic rings. The van der Waals surface area contributed by atoms with Crippen LogP contribution in [0.15, 0.2) is 24.3 Å². The normalized spacial score (nSPS) is 32.5. The maximum absolute atomic E-state index is 10.6. The fourth-order valence-corrected chi connectivity index (χ4v) is 5.94. The van der Waals surface area contributed by atoms with E-state index < -0.39 is 6.10 Å². The summed E-state index contributed by atoms with van der Waals surface area (Å²) in [6.07, 6.45) is 3.66. The highest BCUT2D eigenvalue weighted by molar-refractivity contribution is 5.49. The van der Waals surface area contributed by atoms with Crippen molar-refractivity contribution in [3.8, 4) is 5.75 Å². The predicted octanol–water partition coefficient (Wildman–Crippen LogP) is 3.41. The lowest BCUT2D eigenvalue weighted by Gasteiger charge is -2.39. The van der Waals surface area contributed by atoms with E-state index in [1.54, 1.807) is 7.11 Å². The van der Waals surface area contributed by atoms with Gasteiger partial charge in [-0.05, 0) is 60.3 Å². The molecule has 0 unspecified atom stereocenters. The SMILES string of the molecule is COc1ccc(N2CCN(C[C@@H](O)CO[C@@H]3C[C@H]4CC[C@@]3(C)C4(C)C)CC2)cc1. The number of ether oxygens (including phenoxy) is 2. The Kier molecular flexibility index (Phi) is 5.84. The zero-order valence-electron chi connectivity index (χ0n) is 18.6. The molecule has 5 heteroatoms. The van der Waals surface area contributed by atoms with Crippen molar-refractivity contribution >= 4 is 5.69 Å². The van der Waals surface area contributed by atoms with Crippen molar-refractivity contribution in [2.45, 2.75) is 52.2 Å². The minimum Gasteiger partial charge on any atom is -0.497 e. The van der Waals surface area contributed by atoms with E-state index in [1.165, 1.54) is 18.5 Å². The molecule has 1 heterocycles. The van der Waals surface area contributed by atoms with Crippen molar-refractivity contribution in [3.05, 3.63) is 24.3 Å². The van der Waals surface area contributed by atoms with Gasteiger partial charge < -0.3 is 19.5 Å². The van der Waals surface area contributed by atoms with Gasteiger partial charge in [-0.2, -0.15) is 0 Å². The Morgan fingerprint density at radius 3 is 2.34 bits per heavy atom. The van der Waals surface area contributed by atoms with Gasteiger partial charge in [0.05, 0.1) is 25.9 Å². The molecule has 0 radical (unpaired) electrons. The molecule has 29 heavy (non-hydrogen) atoms. The fraction of sp³-hybridized carbons (Fsp3) is 0.750. The number of β-amino-alcohol motifs (C(OH)–C–C–N with tert-alkyl or cyclic N) is 1. The van der Waals surface area contributed by atoms with Crippen molar-refractivity contribution in [2.24, 2.45) is 16.7 Å². The summed E-state index contributed by atoms with van der Waals surface area (Å²) in [6.45, 7) is 12.3. The summed E-state index contributed by atoms with van der Waals surface area (Å²) in [4.78, 5) is 4.76. The van der Waals surface area contributed by atoms with E-state index in [9.17, 15) is 5.11 Å². The number of hydrogen-bond donors (Lipinski definition) is 1. The van der Waals surface area contributed by atoms with Gasteiger partial charge in [-0.25, -0.2) is 0 Å². The Morgan fingerprint density at radius 2 is 1.79 bits per heavy atom. The number of aliphatic hydroxyl groups excluding tert-OH is 1. The smallest absolute Gasteiger partial charge is 0.119 e. The highest BCUT2D eigenvalue weighted by atomic mass is 16.5. The summed E-state index contributed by atoms with van der Waals surface area (Å²) >= 11 is 0. The summed E-state index contributed by atoms with van der Waals surface area (Å²) in [5, 5.41) is 10.6. The van der Waals surface area contributed by atoms with Gasteiger partial charge in [0.15, 0.2) is 0 Å². The largest absolute Gasteiger partial charge is 0.497 e. The number of aliphatic hydroxyl groups is 1. The lowest BCUT2D eigenvalue weighted by molar-refractivity contribution is -0.0794. The van der Waals surface area contributed by atoms with Gasteiger partial charge in [-0.3, -0.25) is 4.90 Å². The molecule has 1 aliphatic heterocycles. The third-order valence-corrected chi connectivity index (χ3v) is 8.48. The highest BCUT2D eigenvalue weighted by Crippen LogP contribution is 2.66. The van der Waals surface area contributed by atoms with Crippen LogP contribution in [0.5, 0.6) is 5.75 Å². The molecule has 2 saturated carbocycles. The Bertz CT molecular complexity index is 684. The van der Waals surface area contributed by atoms with Crippen LogP contribution in [0.25, 0.3) is 0 Å². The van der Waals surface area contributed by atoms with Gasteiger partial charge in [0.2, 0.25) is 0 Å². The molecule has 4 rings (SSSR count). The van der Waals surface area contributed by atoms with E-state index in [-0.39, 0.29) is 5.41 Å². The number of piperazine rings is 1. The fourth-order valence-electron chi connectivity index (χ4n) is 5.94. The minimum atomic E-state index is -0.409. The van der Waals surface area contributed by atoms with Crippen molar-refractivity contribution < 1.29 is 14.6 Å². The standard InChI is InChI=1S/C24H38N2O3/c1-23(2)18-9-10-24(23,3)22(15-18)29-17-20(27)16-25-11-13-26(14-12-25)19-5-7-21(28-4)8-6-19/h5-8,18,20,22,27H,9-17H2,1-4H3/t18-,20-,22-,24-/m1/s1. The third-order valence-electron chi connectivity index (χ3n) is 8.48. The van der Waals surface area contributed by atoms with Gasteiger partial charge in [-0.15, -0.1) is 0 Å². The molecule has 1 aromatic rings. The topological polar surface area (TPSA) is 45.2 Å². The number of fused-ring (bicyclic) bond motifs is 2. The molecule has 162 valence electrons. The van der Waals surface area contributed by atoms with Crippen molar-refractivity contribution in [1.82, 2.24) is 4.90 Å². The zero-order valence-corrected chi connectivity index (χ0v) is 18.6. The third kappa shape index (κ3) is 3.89. The molecular weight excluding hydrogens is 364 g/mol. The van der Waals surface area contributed by atoms with E-state index in [0.29, 0.717) is 24.7 Å². The average molecular weight is 403 g/mol. The average Bonchev–Trinajstić information content (AvgIpc) is 3.06. The monoisotopic (exact) mass is 402 g/mol. The first-order valence-corrected chi connectivity index (χ1v) is 11.2. The van der Waals surface area contributed by atoms with E-state index in [4.69, 9.17) is 9.47 Å². The van der Waals surface area contributed by atoms with Crippen LogP contribution >= 0.6 is 0 Å². The highest BCUT2D eigenvalue weighted by Gasteiger charge is 2.61. The number of hydrogen-bond acceptors (Lipinski definition) is 5. The summed E-state index contributed by atoms with van der Waals surface area (Å²) < 4.78 is 11.5. The second-order valence-electron chi connectivity index (χ2n) is 10.1. The maximum Gasteiger partial charge on any atom is 0.119 e. The zero-order chi connectivity index (χ0) is 20.6. The number of rotatable bonds is 7. The van der Waals surface area contributed by atoms with E-state index in [0.717, 1.165) is 44.3 Å². The van der Waals surface area contributed by atoms with Crippen LogP contribution in [0.1, 0.15) is 40.0 Å². The Balaban J connectivity index is 1.21. The van der Waals surface area contributed by atoms with Crippen LogP contribution < -0.4 is 9.64 Å². The van der Waals surface area contributed by atoms with Crippen molar-refractivity contribution in [3.63, 3.8) is 0 Å². The van der Waals surface area contributed by atoms with Crippen molar-refractivity contribution in [1.29, 1.82) is 0 Å². The molecule has 1 aromatic carbocycles. The summed E-state index contributed by atoms with van der Waals surface area (Å²) in [5.41, 5.74) is 1.86. The van der Waals surface area contributed by atoms with Crippen LogP contribution in [0.3, 0.4) is 0 Å². The molecule has 3 fully saturated rings. The molecule has 0 spiro atoms. The van der Waals surface area contributed by atoms with Crippen LogP contribution in [-0.4, -0.2) is 68.7 Å². The van der Waals surface area contributed by atoms with Crippen molar-refractivity contribution in [2.75, 3.05) is 51.3 Å². The number of nitrogens with zero attached hydrogens (tertiary/aromatic N) is 2. The van der Waals surface area contributed by atoms with Gasteiger partial charge in [0.25, 0.3) is 0 Å². The minimum absolute atomic E-state index is 0.265. The predicted molar refractivity (Wildman–Crippen MR) is 117 cm³/mol. The van der Waals surface area contributed by atoms with E-state index in [2.05, 4.69) is 42.7 Å². The molecule has 5 nitrogen and oxygen atoms in total. The lowest BCUT2D eigenvalue weighted by atomic mass is 9.70. The molecule has 4 atom stereocenters. The van der Waals surface area contributed by atoms with E-state index in [1.807, 2.05) is 12.1 Å². The quantitative estimate of drug-likeness (QED) is 0.757. The summed E-state index contributed by atoms with van der Waals surface area (Å²) in [7, 11) is 1.70. The Morgan fingerprint density at radius 1 is 1.10 bits per heavy atom. The van der Waals surface area contributed by atoms with Crippen LogP contribution in [-0.2, 0) is 4.74 Å². The molecular formula is C24H38N2O3. The van der Waals surface area contributed by atoms with Gasteiger partial charge in [0.1, 0.15) is 5.75 Å². The summed E-state index contributed by atoms with van der Waals surface area (Å²) in [5.74, 6) is 1.67. The molecule has 1 saturated heterocycles. The number of anilines is 1. The second kappa shape index (κ2) is 8.09. The van der Waals surface area contributed by atoms with Gasteiger partial charge >= 0.3 is 0 Å². The first-order valence-electron chi connectivity index (χ1n) is 11.2. The Hall–Kier alpha value is -1.30. The van der Waals surface area contributed by atoms with Crippen LogP contribution in [0, 0.1) is 16.7 Å². The molecule has 2 bridgehead atoms. The van der Waals surface area contributed by atoms with Gasteiger partial charge in [0, 0.05) is 38.4 Å².